The standard InChI is InChI=1S/C19H15FN2O2S/c1-11(23)14-4-3-5-16(10-14)22-19(24)17-18(25-12(2)21-17)13-6-8-15(20)9-7-13/h3-10H,1-2H3,(H,22,24). The van der Waals surface area contributed by atoms with E-state index in [1.807, 2.05) is 6.92 Å². The van der Waals surface area contributed by atoms with E-state index in [-0.39, 0.29) is 23.2 Å². The number of thiazole rings is 1. The van der Waals surface area contributed by atoms with Gasteiger partial charge in [-0.2, -0.15) is 0 Å². The second kappa shape index (κ2) is 6.94. The Kier molecular flexibility index (Phi) is 4.72. The average molecular weight is 354 g/mol. The van der Waals surface area contributed by atoms with E-state index in [4.69, 9.17) is 0 Å². The molecule has 1 aromatic heterocycles. The molecule has 1 heterocycles. The van der Waals surface area contributed by atoms with Crippen LogP contribution in [0.15, 0.2) is 48.5 Å². The van der Waals surface area contributed by atoms with E-state index >= 15 is 0 Å². The van der Waals surface area contributed by atoms with Gasteiger partial charge in [0, 0.05) is 11.3 Å². The fourth-order valence-corrected chi connectivity index (χ4v) is 3.31. The van der Waals surface area contributed by atoms with E-state index in [1.165, 1.54) is 30.4 Å². The summed E-state index contributed by atoms with van der Waals surface area (Å²) in [5.74, 6) is -0.783. The summed E-state index contributed by atoms with van der Waals surface area (Å²) >= 11 is 1.37. The normalized spacial score (nSPS) is 10.5. The van der Waals surface area contributed by atoms with Gasteiger partial charge in [0.15, 0.2) is 5.78 Å². The third-order valence-electron chi connectivity index (χ3n) is 3.58. The molecule has 4 nitrogen and oxygen atoms in total. The molecule has 0 spiro atoms. The highest BCUT2D eigenvalue weighted by Crippen LogP contribution is 2.31. The van der Waals surface area contributed by atoms with Crippen LogP contribution in [0.3, 0.4) is 0 Å². The van der Waals surface area contributed by atoms with E-state index in [2.05, 4.69) is 10.3 Å². The molecule has 3 rings (SSSR count). The lowest BCUT2D eigenvalue weighted by atomic mass is 10.1. The van der Waals surface area contributed by atoms with Crippen molar-refractivity contribution in [1.82, 2.24) is 4.98 Å². The van der Waals surface area contributed by atoms with Crippen LogP contribution in [0, 0.1) is 12.7 Å². The second-order valence-corrected chi connectivity index (χ2v) is 6.71. The van der Waals surface area contributed by atoms with Crippen molar-refractivity contribution in [3.63, 3.8) is 0 Å². The minimum Gasteiger partial charge on any atom is -0.321 e. The predicted octanol–water partition coefficient (Wildman–Crippen LogP) is 4.71. The lowest BCUT2D eigenvalue weighted by molar-refractivity contribution is 0.101. The van der Waals surface area contributed by atoms with Crippen LogP contribution in [0.25, 0.3) is 10.4 Å². The van der Waals surface area contributed by atoms with Crippen LogP contribution >= 0.6 is 11.3 Å². The Morgan fingerprint density at radius 3 is 2.52 bits per heavy atom. The van der Waals surface area contributed by atoms with Gasteiger partial charge in [0.1, 0.15) is 11.5 Å². The van der Waals surface area contributed by atoms with Gasteiger partial charge in [0.2, 0.25) is 0 Å². The van der Waals surface area contributed by atoms with Crippen LogP contribution in [0.2, 0.25) is 0 Å². The number of benzene rings is 2. The number of nitrogens with zero attached hydrogens (tertiary/aromatic N) is 1. The maximum absolute atomic E-state index is 13.1. The smallest absolute Gasteiger partial charge is 0.275 e. The first-order valence-electron chi connectivity index (χ1n) is 7.60. The number of carbonyl (C=O) groups is 2. The molecule has 0 unspecified atom stereocenters. The molecule has 25 heavy (non-hydrogen) atoms. The zero-order valence-corrected chi connectivity index (χ0v) is 14.5. The van der Waals surface area contributed by atoms with Crippen LogP contribution in [-0.2, 0) is 0 Å². The molecule has 6 heteroatoms. The maximum atomic E-state index is 13.1. The number of nitrogens with one attached hydrogen (secondary N) is 1. The number of aromatic nitrogens is 1. The maximum Gasteiger partial charge on any atom is 0.275 e. The van der Waals surface area contributed by atoms with Crippen LogP contribution in [0.4, 0.5) is 10.1 Å². The fourth-order valence-electron chi connectivity index (χ4n) is 2.38. The molecule has 0 saturated carbocycles. The molecular weight excluding hydrogens is 339 g/mol. The molecule has 0 radical (unpaired) electrons. The molecule has 0 aliphatic rings. The number of hydrogen-bond donors (Lipinski definition) is 1. The summed E-state index contributed by atoms with van der Waals surface area (Å²) in [5, 5.41) is 3.51. The molecule has 0 aliphatic heterocycles. The number of rotatable bonds is 4. The van der Waals surface area contributed by atoms with Gasteiger partial charge in [-0.25, -0.2) is 9.37 Å². The molecule has 2 aromatic carbocycles. The summed E-state index contributed by atoms with van der Waals surface area (Å²) in [6.45, 7) is 3.28. The number of aryl methyl sites for hydroxylation is 1. The van der Waals surface area contributed by atoms with E-state index in [0.717, 1.165) is 10.6 Å². The molecule has 126 valence electrons. The van der Waals surface area contributed by atoms with Crippen LogP contribution in [-0.4, -0.2) is 16.7 Å². The van der Waals surface area contributed by atoms with Crippen LogP contribution in [0.5, 0.6) is 0 Å². The molecule has 0 fully saturated rings. The van der Waals surface area contributed by atoms with Crippen molar-refractivity contribution >= 4 is 28.7 Å². The predicted molar refractivity (Wildman–Crippen MR) is 96.6 cm³/mol. The monoisotopic (exact) mass is 354 g/mol. The SMILES string of the molecule is CC(=O)c1cccc(NC(=O)c2nc(C)sc2-c2ccc(F)cc2)c1. The van der Waals surface area contributed by atoms with Crippen molar-refractivity contribution in [3.05, 3.63) is 70.6 Å². The first kappa shape index (κ1) is 17.0. The van der Waals surface area contributed by atoms with Gasteiger partial charge in [-0.1, -0.05) is 24.3 Å². The van der Waals surface area contributed by atoms with Crippen molar-refractivity contribution in [2.24, 2.45) is 0 Å². The minimum absolute atomic E-state index is 0.0763. The van der Waals surface area contributed by atoms with Gasteiger partial charge in [0.25, 0.3) is 5.91 Å². The summed E-state index contributed by atoms with van der Waals surface area (Å²) in [5.41, 5.74) is 2.05. The third kappa shape index (κ3) is 3.80. The third-order valence-corrected chi connectivity index (χ3v) is 4.60. The van der Waals surface area contributed by atoms with Crippen LogP contribution < -0.4 is 5.32 Å². The Morgan fingerprint density at radius 2 is 1.84 bits per heavy atom. The van der Waals surface area contributed by atoms with E-state index in [1.54, 1.807) is 36.4 Å². The number of ketones is 1. The molecule has 0 saturated heterocycles. The highest BCUT2D eigenvalue weighted by molar-refractivity contribution is 7.15. The molecule has 1 N–H and O–H groups in total. The quantitative estimate of drug-likeness (QED) is 0.690. The van der Waals surface area contributed by atoms with Crippen molar-refractivity contribution in [2.45, 2.75) is 13.8 Å². The van der Waals surface area contributed by atoms with Gasteiger partial charge in [0.05, 0.1) is 9.88 Å². The average Bonchev–Trinajstić information content (AvgIpc) is 2.98. The van der Waals surface area contributed by atoms with Crippen molar-refractivity contribution in [3.8, 4) is 10.4 Å². The Labute approximate surface area is 148 Å². The number of hydrogen-bond acceptors (Lipinski definition) is 4. The summed E-state index contributed by atoms with van der Waals surface area (Å²) in [7, 11) is 0. The number of anilines is 1. The highest BCUT2D eigenvalue weighted by Gasteiger charge is 2.19. The van der Waals surface area contributed by atoms with E-state index in [0.29, 0.717) is 16.1 Å². The van der Waals surface area contributed by atoms with Gasteiger partial charge in [-0.05, 0) is 43.7 Å². The first-order valence-corrected chi connectivity index (χ1v) is 8.41. The zero-order chi connectivity index (χ0) is 18.0. The molecule has 0 atom stereocenters. The molecular formula is C19H15FN2O2S. The van der Waals surface area contributed by atoms with Crippen molar-refractivity contribution < 1.29 is 14.0 Å². The number of carbonyl (C=O) groups excluding carboxylic acids is 2. The first-order chi connectivity index (χ1) is 11.9. The zero-order valence-electron chi connectivity index (χ0n) is 13.7. The Hall–Kier alpha value is -2.86. The lowest BCUT2D eigenvalue weighted by Crippen LogP contribution is -2.13. The Bertz CT molecular complexity index is 948. The Balaban J connectivity index is 1.91. The summed E-state index contributed by atoms with van der Waals surface area (Å²) in [4.78, 5) is 29.1. The molecule has 3 aromatic rings. The molecule has 0 bridgehead atoms. The largest absolute Gasteiger partial charge is 0.321 e. The van der Waals surface area contributed by atoms with Gasteiger partial charge >= 0.3 is 0 Å². The van der Waals surface area contributed by atoms with Gasteiger partial charge in [-0.15, -0.1) is 11.3 Å². The molecule has 1 amide bonds. The Morgan fingerprint density at radius 1 is 1.12 bits per heavy atom. The number of amides is 1. The van der Waals surface area contributed by atoms with Crippen LogP contribution in [0.1, 0.15) is 32.8 Å². The fraction of sp³-hybridized carbons (Fsp3) is 0.105. The van der Waals surface area contributed by atoms with Gasteiger partial charge < -0.3 is 5.32 Å². The topological polar surface area (TPSA) is 59.1 Å². The van der Waals surface area contributed by atoms with E-state index < -0.39 is 0 Å². The number of Topliss-reactive ketones (excluding diaryl/α,β-unsaturated/α-hetero) is 1. The van der Waals surface area contributed by atoms with Crippen molar-refractivity contribution in [2.75, 3.05) is 5.32 Å². The van der Waals surface area contributed by atoms with Crippen molar-refractivity contribution in [1.29, 1.82) is 0 Å². The lowest BCUT2D eigenvalue weighted by Gasteiger charge is -2.06. The highest BCUT2D eigenvalue weighted by atomic mass is 32.1. The summed E-state index contributed by atoms with van der Waals surface area (Å²) < 4.78 is 13.1. The minimum atomic E-state index is -0.371. The van der Waals surface area contributed by atoms with Gasteiger partial charge in [-0.3, -0.25) is 9.59 Å². The molecule has 0 aliphatic carbocycles. The van der Waals surface area contributed by atoms with E-state index in [9.17, 15) is 14.0 Å². The number of halogens is 1. The second-order valence-electron chi connectivity index (χ2n) is 5.51. The summed E-state index contributed by atoms with van der Waals surface area (Å²) in [6, 6.07) is 12.7. The summed E-state index contributed by atoms with van der Waals surface area (Å²) in [6.07, 6.45) is 0.